The van der Waals surface area contributed by atoms with Crippen LogP contribution in [0.15, 0.2) is 0 Å². The van der Waals surface area contributed by atoms with Gasteiger partial charge in [0.25, 0.3) is 0 Å². The summed E-state index contributed by atoms with van der Waals surface area (Å²) < 4.78 is 5.58. The van der Waals surface area contributed by atoms with Crippen LogP contribution in [0.4, 0.5) is 0 Å². The maximum absolute atomic E-state index is 5.58. The fourth-order valence-electron chi connectivity index (χ4n) is 2.43. The Kier molecular flexibility index (Phi) is 4.20. The molecule has 0 radical (unpaired) electrons. The van der Waals surface area contributed by atoms with Crippen LogP contribution in [-0.2, 0) is 4.74 Å². The maximum atomic E-state index is 5.58. The molecular formula is C11H23NO. The molecule has 0 aromatic heterocycles. The summed E-state index contributed by atoms with van der Waals surface area (Å²) in [5.74, 6) is 0.901. The molecular weight excluding hydrogens is 162 g/mol. The van der Waals surface area contributed by atoms with Gasteiger partial charge in [0.1, 0.15) is 0 Å². The van der Waals surface area contributed by atoms with Gasteiger partial charge in [-0.3, -0.25) is 0 Å². The molecule has 1 fully saturated rings. The van der Waals surface area contributed by atoms with E-state index in [1.807, 2.05) is 14.2 Å². The standard InChI is InChI=1S/C11H23NO/c1-11(13-3,9-12-2)8-10-6-4-5-7-10/h10,12H,4-9H2,1-3H3. The molecule has 0 aromatic rings. The van der Waals surface area contributed by atoms with Gasteiger partial charge in [-0.15, -0.1) is 0 Å². The van der Waals surface area contributed by atoms with Gasteiger partial charge in [0.05, 0.1) is 5.60 Å². The van der Waals surface area contributed by atoms with E-state index in [9.17, 15) is 0 Å². The Bertz CT molecular complexity index is 143. The van der Waals surface area contributed by atoms with Crippen molar-refractivity contribution in [2.45, 2.75) is 44.6 Å². The van der Waals surface area contributed by atoms with Crippen molar-refractivity contribution in [2.24, 2.45) is 5.92 Å². The number of hydrogen-bond acceptors (Lipinski definition) is 2. The van der Waals surface area contributed by atoms with E-state index in [-0.39, 0.29) is 5.60 Å². The van der Waals surface area contributed by atoms with Gasteiger partial charge in [0, 0.05) is 13.7 Å². The van der Waals surface area contributed by atoms with Crippen molar-refractivity contribution in [1.29, 1.82) is 0 Å². The second kappa shape index (κ2) is 4.97. The molecule has 1 N–H and O–H groups in total. The van der Waals surface area contributed by atoms with E-state index in [0.29, 0.717) is 0 Å². The molecule has 1 unspecified atom stereocenters. The monoisotopic (exact) mass is 185 g/mol. The molecule has 78 valence electrons. The Morgan fingerprint density at radius 3 is 2.46 bits per heavy atom. The minimum absolute atomic E-state index is 0.0454. The first kappa shape index (κ1) is 11.0. The number of ether oxygens (including phenoxy) is 1. The molecule has 0 aromatic carbocycles. The van der Waals surface area contributed by atoms with Crippen LogP contribution in [0, 0.1) is 5.92 Å². The molecule has 0 spiro atoms. The molecule has 1 atom stereocenters. The van der Waals surface area contributed by atoms with Crippen LogP contribution in [0.3, 0.4) is 0 Å². The van der Waals surface area contributed by atoms with Gasteiger partial charge >= 0.3 is 0 Å². The Labute approximate surface area is 82.0 Å². The van der Waals surface area contributed by atoms with Crippen LogP contribution in [0.5, 0.6) is 0 Å². The van der Waals surface area contributed by atoms with Gasteiger partial charge in [-0.05, 0) is 26.3 Å². The van der Waals surface area contributed by atoms with E-state index >= 15 is 0 Å². The first-order valence-electron chi connectivity index (χ1n) is 5.40. The summed E-state index contributed by atoms with van der Waals surface area (Å²) in [6, 6.07) is 0. The number of methoxy groups -OCH3 is 1. The number of likely N-dealkylation sites (N-methyl/N-ethyl adjacent to an activating group) is 1. The molecule has 2 heteroatoms. The fourth-order valence-corrected chi connectivity index (χ4v) is 2.43. The third kappa shape index (κ3) is 3.28. The lowest BCUT2D eigenvalue weighted by atomic mass is 9.90. The molecule has 0 amide bonds. The summed E-state index contributed by atoms with van der Waals surface area (Å²) in [7, 11) is 3.82. The van der Waals surface area contributed by atoms with Crippen molar-refractivity contribution in [2.75, 3.05) is 20.7 Å². The van der Waals surface area contributed by atoms with Crippen molar-refractivity contribution < 1.29 is 4.74 Å². The SMILES string of the molecule is CNCC(C)(CC1CCCC1)OC. The predicted molar refractivity (Wildman–Crippen MR) is 55.9 cm³/mol. The van der Waals surface area contributed by atoms with Crippen LogP contribution in [0.2, 0.25) is 0 Å². The van der Waals surface area contributed by atoms with Gasteiger partial charge in [-0.1, -0.05) is 25.7 Å². The molecule has 2 nitrogen and oxygen atoms in total. The summed E-state index contributed by atoms with van der Waals surface area (Å²) in [5.41, 5.74) is 0.0454. The largest absolute Gasteiger partial charge is 0.377 e. The number of rotatable bonds is 5. The third-order valence-corrected chi connectivity index (χ3v) is 3.24. The molecule has 0 bridgehead atoms. The minimum atomic E-state index is 0.0454. The van der Waals surface area contributed by atoms with E-state index in [2.05, 4.69) is 12.2 Å². The first-order chi connectivity index (χ1) is 6.20. The lowest BCUT2D eigenvalue weighted by Crippen LogP contribution is -2.39. The molecule has 0 saturated heterocycles. The molecule has 1 saturated carbocycles. The highest BCUT2D eigenvalue weighted by Crippen LogP contribution is 2.32. The van der Waals surface area contributed by atoms with Crippen molar-refractivity contribution >= 4 is 0 Å². The summed E-state index contributed by atoms with van der Waals surface area (Å²) in [5, 5.41) is 3.21. The average Bonchev–Trinajstić information content (AvgIpc) is 2.57. The Balaban J connectivity index is 2.36. The predicted octanol–water partition coefficient (Wildman–Crippen LogP) is 2.19. The molecule has 1 rings (SSSR count). The molecule has 1 aliphatic carbocycles. The summed E-state index contributed by atoms with van der Waals surface area (Å²) in [6.45, 7) is 3.17. The van der Waals surface area contributed by atoms with Gasteiger partial charge in [-0.25, -0.2) is 0 Å². The van der Waals surface area contributed by atoms with E-state index in [1.54, 1.807) is 0 Å². The highest BCUT2D eigenvalue weighted by atomic mass is 16.5. The minimum Gasteiger partial charge on any atom is -0.377 e. The maximum Gasteiger partial charge on any atom is 0.0777 e. The van der Waals surface area contributed by atoms with Crippen molar-refractivity contribution in [3.8, 4) is 0 Å². The van der Waals surface area contributed by atoms with Crippen LogP contribution in [0.1, 0.15) is 39.0 Å². The average molecular weight is 185 g/mol. The second-order valence-electron chi connectivity index (χ2n) is 4.54. The third-order valence-electron chi connectivity index (χ3n) is 3.24. The van der Waals surface area contributed by atoms with E-state index < -0.39 is 0 Å². The quantitative estimate of drug-likeness (QED) is 0.709. The summed E-state index contributed by atoms with van der Waals surface area (Å²) in [4.78, 5) is 0. The molecule has 0 aliphatic heterocycles. The smallest absolute Gasteiger partial charge is 0.0777 e. The zero-order valence-electron chi connectivity index (χ0n) is 9.23. The topological polar surface area (TPSA) is 21.3 Å². The van der Waals surface area contributed by atoms with Gasteiger partial charge in [-0.2, -0.15) is 0 Å². The lowest BCUT2D eigenvalue weighted by molar-refractivity contribution is -0.0110. The van der Waals surface area contributed by atoms with Crippen LogP contribution < -0.4 is 5.32 Å². The van der Waals surface area contributed by atoms with Gasteiger partial charge < -0.3 is 10.1 Å². The number of hydrogen-bond donors (Lipinski definition) is 1. The molecule has 0 heterocycles. The van der Waals surface area contributed by atoms with Crippen molar-refractivity contribution in [1.82, 2.24) is 5.32 Å². The van der Waals surface area contributed by atoms with Gasteiger partial charge in [0.2, 0.25) is 0 Å². The summed E-state index contributed by atoms with van der Waals surface area (Å²) >= 11 is 0. The van der Waals surface area contributed by atoms with Crippen LogP contribution in [0.25, 0.3) is 0 Å². The van der Waals surface area contributed by atoms with E-state index in [1.165, 1.54) is 32.1 Å². The van der Waals surface area contributed by atoms with Gasteiger partial charge in [0.15, 0.2) is 0 Å². The fraction of sp³-hybridized carbons (Fsp3) is 1.00. The van der Waals surface area contributed by atoms with Crippen molar-refractivity contribution in [3.05, 3.63) is 0 Å². The normalized spacial score (nSPS) is 23.3. The Morgan fingerprint density at radius 2 is 2.00 bits per heavy atom. The molecule has 13 heavy (non-hydrogen) atoms. The number of nitrogens with one attached hydrogen (secondary N) is 1. The second-order valence-corrected chi connectivity index (χ2v) is 4.54. The summed E-state index contributed by atoms with van der Waals surface area (Å²) in [6.07, 6.45) is 6.86. The van der Waals surface area contributed by atoms with Crippen molar-refractivity contribution in [3.63, 3.8) is 0 Å². The molecule has 1 aliphatic rings. The Hall–Kier alpha value is -0.0800. The Morgan fingerprint density at radius 1 is 1.38 bits per heavy atom. The van der Waals surface area contributed by atoms with E-state index in [0.717, 1.165) is 12.5 Å². The van der Waals surface area contributed by atoms with Crippen LogP contribution in [-0.4, -0.2) is 26.3 Å². The lowest BCUT2D eigenvalue weighted by Gasteiger charge is -2.30. The van der Waals surface area contributed by atoms with Crippen LogP contribution >= 0.6 is 0 Å². The van der Waals surface area contributed by atoms with E-state index in [4.69, 9.17) is 4.74 Å². The highest BCUT2D eigenvalue weighted by Gasteiger charge is 2.28. The highest BCUT2D eigenvalue weighted by molar-refractivity contribution is 4.82. The zero-order valence-corrected chi connectivity index (χ0v) is 9.23. The first-order valence-corrected chi connectivity index (χ1v) is 5.40. The zero-order chi connectivity index (χ0) is 9.73.